The molecule has 0 radical (unpaired) electrons. The van der Waals surface area contributed by atoms with Gasteiger partial charge in [0.05, 0.1) is 5.56 Å². The molecule has 1 N–H and O–H groups in total. The predicted octanol–water partition coefficient (Wildman–Crippen LogP) is 3.06. The number of aromatic nitrogens is 2. The molecule has 0 saturated heterocycles. The van der Waals surface area contributed by atoms with Gasteiger partial charge in [0, 0.05) is 11.4 Å². The number of anilines is 1. The molecular formula is C13H10F3N3O. The first-order chi connectivity index (χ1) is 9.36. The Hall–Kier alpha value is -2.44. The van der Waals surface area contributed by atoms with Gasteiger partial charge in [-0.15, -0.1) is 0 Å². The lowest BCUT2D eigenvalue weighted by Crippen LogP contribution is -2.14. The predicted molar refractivity (Wildman–Crippen MR) is 66.2 cm³/mol. The third-order valence-corrected chi connectivity index (χ3v) is 2.51. The van der Waals surface area contributed by atoms with E-state index in [2.05, 4.69) is 15.3 Å². The van der Waals surface area contributed by atoms with Gasteiger partial charge in [0.1, 0.15) is 12.0 Å². The van der Waals surface area contributed by atoms with E-state index in [0.717, 1.165) is 12.1 Å². The van der Waals surface area contributed by atoms with Crippen LogP contribution in [-0.4, -0.2) is 15.9 Å². The second-order valence-electron chi connectivity index (χ2n) is 4.07. The Morgan fingerprint density at radius 3 is 2.35 bits per heavy atom. The summed E-state index contributed by atoms with van der Waals surface area (Å²) in [5.41, 5.74) is 0.266. The first-order valence-electron chi connectivity index (χ1n) is 5.63. The van der Waals surface area contributed by atoms with Gasteiger partial charge in [0.15, 0.2) is 0 Å². The van der Waals surface area contributed by atoms with Crippen molar-refractivity contribution in [2.24, 2.45) is 0 Å². The SMILES string of the molecule is Cc1cc(C(=O)Nc2ccc(C(F)(F)F)cc2)ncn1. The first-order valence-corrected chi connectivity index (χ1v) is 5.63. The monoisotopic (exact) mass is 281 g/mol. The van der Waals surface area contributed by atoms with Crippen LogP contribution in [0.1, 0.15) is 21.7 Å². The van der Waals surface area contributed by atoms with Crippen molar-refractivity contribution in [1.29, 1.82) is 0 Å². The molecule has 1 aromatic heterocycles. The fourth-order valence-corrected chi connectivity index (χ4v) is 1.52. The third kappa shape index (κ3) is 3.31. The van der Waals surface area contributed by atoms with E-state index in [4.69, 9.17) is 0 Å². The van der Waals surface area contributed by atoms with Crippen molar-refractivity contribution in [2.45, 2.75) is 13.1 Å². The molecule has 0 aliphatic heterocycles. The molecule has 2 rings (SSSR count). The minimum absolute atomic E-state index is 0.150. The van der Waals surface area contributed by atoms with Gasteiger partial charge in [-0.2, -0.15) is 13.2 Å². The quantitative estimate of drug-likeness (QED) is 0.920. The van der Waals surface area contributed by atoms with Crippen molar-refractivity contribution in [3.05, 3.63) is 53.6 Å². The van der Waals surface area contributed by atoms with E-state index < -0.39 is 17.6 Å². The fourth-order valence-electron chi connectivity index (χ4n) is 1.52. The smallest absolute Gasteiger partial charge is 0.321 e. The Labute approximate surface area is 112 Å². The van der Waals surface area contributed by atoms with E-state index in [0.29, 0.717) is 5.69 Å². The number of aryl methyl sites for hydroxylation is 1. The average Bonchev–Trinajstić information content (AvgIpc) is 2.38. The maximum atomic E-state index is 12.4. The number of carbonyl (C=O) groups excluding carboxylic acids is 1. The van der Waals surface area contributed by atoms with Crippen LogP contribution in [0.5, 0.6) is 0 Å². The third-order valence-electron chi connectivity index (χ3n) is 2.51. The summed E-state index contributed by atoms with van der Waals surface area (Å²) in [6.07, 6.45) is -3.15. The van der Waals surface area contributed by atoms with Crippen molar-refractivity contribution in [3.8, 4) is 0 Å². The molecule has 0 unspecified atom stereocenters. The zero-order valence-corrected chi connectivity index (χ0v) is 10.4. The summed E-state index contributed by atoms with van der Waals surface area (Å²) >= 11 is 0. The van der Waals surface area contributed by atoms with Gasteiger partial charge in [0.2, 0.25) is 0 Å². The van der Waals surface area contributed by atoms with Crippen LogP contribution in [0.2, 0.25) is 0 Å². The number of nitrogens with one attached hydrogen (secondary N) is 1. The summed E-state index contributed by atoms with van der Waals surface area (Å²) < 4.78 is 37.2. The molecule has 104 valence electrons. The highest BCUT2D eigenvalue weighted by Crippen LogP contribution is 2.29. The second-order valence-corrected chi connectivity index (χ2v) is 4.07. The van der Waals surface area contributed by atoms with Crippen molar-refractivity contribution < 1.29 is 18.0 Å². The van der Waals surface area contributed by atoms with Gasteiger partial charge in [-0.05, 0) is 37.3 Å². The van der Waals surface area contributed by atoms with Crippen molar-refractivity contribution in [1.82, 2.24) is 9.97 Å². The number of nitrogens with zero attached hydrogens (tertiary/aromatic N) is 2. The van der Waals surface area contributed by atoms with E-state index in [1.54, 1.807) is 6.92 Å². The Morgan fingerprint density at radius 1 is 1.15 bits per heavy atom. The second kappa shape index (κ2) is 5.28. The van der Waals surface area contributed by atoms with Crippen molar-refractivity contribution >= 4 is 11.6 Å². The molecule has 2 aromatic rings. The van der Waals surface area contributed by atoms with Crippen LogP contribution in [-0.2, 0) is 6.18 Å². The molecule has 0 bridgehead atoms. The summed E-state index contributed by atoms with van der Waals surface area (Å²) in [4.78, 5) is 19.5. The Kier molecular flexibility index (Phi) is 3.69. The van der Waals surface area contributed by atoms with Gasteiger partial charge in [-0.3, -0.25) is 4.79 Å². The van der Waals surface area contributed by atoms with Crippen LogP contribution in [0.3, 0.4) is 0 Å². The minimum Gasteiger partial charge on any atom is -0.321 e. The van der Waals surface area contributed by atoms with E-state index in [9.17, 15) is 18.0 Å². The van der Waals surface area contributed by atoms with Crippen LogP contribution in [0, 0.1) is 6.92 Å². The molecule has 0 saturated carbocycles. The molecule has 0 aliphatic rings. The number of halogens is 3. The number of alkyl halides is 3. The fraction of sp³-hybridized carbons (Fsp3) is 0.154. The topological polar surface area (TPSA) is 54.9 Å². The average molecular weight is 281 g/mol. The van der Waals surface area contributed by atoms with Crippen LogP contribution in [0.4, 0.5) is 18.9 Å². The summed E-state index contributed by atoms with van der Waals surface area (Å²) in [5.74, 6) is -0.504. The molecule has 0 fully saturated rings. The Balaban J connectivity index is 2.12. The minimum atomic E-state index is -4.40. The standard InChI is InChI=1S/C13H10F3N3O/c1-8-6-11(18-7-17-8)12(20)19-10-4-2-9(3-5-10)13(14,15)16/h2-7H,1H3,(H,19,20). The van der Waals surface area contributed by atoms with E-state index >= 15 is 0 Å². The molecule has 1 aromatic carbocycles. The van der Waals surface area contributed by atoms with Gasteiger partial charge < -0.3 is 5.32 Å². The number of carbonyl (C=O) groups is 1. The summed E-state index contributed by atoms with van der Waals surface area (Å²) in [5, 5.41) is 2.47. The summed E-state index contributed by atoms with van der Waals surface area (Å²) in [6.45, 7) is 1.70. The molecule has 1 heterocycles. The summed E-state index contributed by atoms with van der Waals surface area (Å²) in [6, 6.07) is 5.67. The van der Waals surface area contributed by atoms with E-state index in [1.165, 1.54) is 24.5 Å². The van der Waals surface area contributed by atoms with E-state index in [1.807, 2.05) is 0 Å². The lowest BCUT2D eigenvalue weighted by Gasteiger charge is -2.08. The van der Waals surface area contributed by atoms with Gasteiger partial charge in [0.25, 0.3) is 5.91 Å². The van der Waals surface area contributed by atoms with E-state index in [-0.39, 0.29) is 11.4 Å². The first kappa shape index (κ1) is 14.0. The summed E-state index contributed by atoms with van der Waals surface area (Å²) in [7, 11) is 0. The van der Waals surface area contributed by atoms with Gasteiger partial charge in [-0.25, -0.2) is 9.97 Å². The largest absolute Gasteiger partial charge is 0.416 e. The Morgan fingerprint density at radius 2 is 1.80 bits per heavy atom. The highest BCUT2D eigenvalue weighted by molar-refractivity contribution is 6.02. The molecule has 0 aliphatic carbocycles. The van der Waals surface area contributed by atoms with Crippen LogP contribution >= 0.6 is 0 Å². The van der Waals surface area contributed by atoms with Crippen LogP contribution < -0.4 is 5.32 Å². The van der Waals surface area contributed by atoms with Crippen LogP contribution in [0.15, 0.2) is 36.7 Å². The highest BCUT2D eigenvalue weighted by Gasteiger charge is 2.29. The highest BCUT2D eigenvalue weighted by atomic mass is 19.4. The number of amides is 1. The number of hydrogen-bond donors (Lipinski definition) is 1. The normalized spacial score (nSPS) is 11.2. The number of hydrogen-bond acceptors (Lipinski definition) is 3. The molecular weight excluding hydrogens is 271 g/mol. The van der Waals surface area contributed by atoms with Crippen molar-refractivity contribution in [2.75, 3.05) is 5.32 Å². The molecule has 4 nitrogen and oxygen atoms in total. The lowest BCUT2D eigenvalue weighted by molar-refractivity contribution is -0.137. The number of rotatable bonds is 2. The maximum Gasteiger partial charge on any atom is 0.416 e. The van der Waals surface area contributed by atoms with Crippen LogP contribution in [0.25, 0.3) is 0 Å². The molecule has 0 spiro atoms. The maximum absolute atomic E-state index is 12.4. The Bertz CT molecular complexity index is 624. The zero-order chi connectivity index (χ0) is 14.8. The molecule has 1 amide bonds. The van der Waals surface area contributed by atoms with Crippen molar-refractivity contribution in [3.63, 3.8) is 0 Å². The van der Waals surface area contributed by atoms with Gasteiger partial charge >= 0.3 is 6.18 Å². The number of benzene rings is 1. The molecule has 7 heteroatoms. The molecule has 20 heavy (non-hydrogen) atoms. The zero-order valence-electron chi connectivity index (χ0n) is 10.4. The van der Waals surface area contributed by atoms with Gasteiger partial charge in [-0.1, -0.05) is 0 Å². The molecule has 0 atom stereocenters. The lowest BCUT2D eigenvalue weighted by atomic mass is 10.2.